The van der Waals surface area contributed by atoms with Crippen molar-refractivity contribution in [1.82, 2.24) is 4.98 Å². The molecule has 0 fully saturated rings. The van der Waals surface area contributed by atoms with Crippen LogP contribution in [0.1, 0.15) is 24.2 Å². The van der Waals surface area contributed by atoms with Crippen molar-refractivity contribution in [2.24, 2.45) is 11.8 Å². The zero-order valence-electron chi connectivity index (χ0n) is 13.0. The van der Waals surface area contributed by atoms with E-state index < -0.39 is 17.3 Å². The van der Waals surface area contributed by atoms with Crippen LogP contribution >= 0.6 is 0 Å². The maximum atomic E-state index is 12.6. The van der Waals surface area contributed by atoms with Crippen molar-refractivity contribution in [2.75, 3.05) is 0 Å². The summed E-state index contributed by atoms with van der Waals surface area (Å²) in [6.45, 7) is 7.33. The van der Waals surface area contributed by atoms with Crippen LogP contribution in [0.15, 0.2) is 47.9 Å². The molecule has 0 amide bonds. The Kier molecular flexibility index (Phi) is 4.69. The van der Waals surface area contributed by atoms with Crippen LogP contribution in [0.25, 0.3) is 11.1 Å². The Morgan fingerprint density at radius 1 is 1.22 bits per heavy atom. The second-order valence-electron chi connectivity index (χ2n) is 5.67. The fourth-order valence-corrected chi connectivity index (χ4v) is 2.46. The number of allylic oxidation sites excluding steroid dienone is 1. The predicted octanol–water partition coefficient (Wildman–Crippen LogP) is 3.09. The van der Waals surface area contributed by atoms with E-state index in [-0.39, 0.29) is 23.0 Å². The van der Waals surface area contributed by atoms with Crippen molar-refractivity contribution >= 4 is 5.78 Å². The van der Waals surface area contributed by atoms with Gasteiger partial charge in [0.25, 0.3) is 5.56 Å². The topological polar surface area (TPSA) is 90.4 Å². The van der Waals surface area contributed by atoms with Crippen molar-refractivity contribution < 1.29 is 15.0 Å². The molecule has 0 bridgehead atoms. The van der Waals surface area contributed by atoms with Gasteiger partial charge in [-0.05, 0) is 23.6 Å². The Bertz CT molecular complexity index is 788. The number of aromatic nitrogens is 1. The fourth-order valence-electron chi connectivity index (χ4n) is 2.46. The molecule has 1 unspecified atom stereocenters. The van der Waals surface area contributed by atoms with E-state index in [9.17, 15) is 19.8 Å². The number of aromatic amines is 1. The van der Waals surface area contributed by atoms with Crippen LogP contribution in [0.5, 0.6) is 11.5 Å². The first kappa shape index (κ1) is 16.5. The number of hydrogen-bond acceptors (Lipinski definition) is 4. The minimum absolute atomic E-state index is 0.0453. The molecule has 5 nitrogen and oxygen atoms in total. The van der Waals surface area contributed by atoms with Gasteiger partial charge in [-0.2, -0.15) is 0 Å². The first-order valence-electron chi connectivity index (χ1n) is 7.27. The van der Waals surface area contributed by atoms with E-state index >= 15 is 0 Å². The van der Waals surface area contributed by atoms with E-state index in [0.29, 0.717) is 11.1 Å². The molecule has 120 valence electrons. The minimum Gasteiger partial charge on any atom is -0.508 e. The van der Waals surface area contributed by atoms with Crippen molar-refractivity contribution in [3.63, 3.8) is 0 Å². The van der Waals surface area contributed by atoms with E-state index in [2.05, 4.69) is 11.6 Å². The average Bonchev–Trinajstić information content (AvgIpc) is 2.49. The van der Waals surface area contributed by atoms with Crippen LogP contribution in [0.3, 0.4) is 0 Å². The predicted molar refractivity (Wildman–Crippen MR) is 88.7 cm³/mol. The maximum Gasteiger partial charge on any atom is 0.262 e. The summed E-state index contributed by atoms with van der Waals surface area (Å²) in [4.78, 5) is 27.1. The van der Waals surface area contributed by atoms with Gasteiger partial charge in [-0.3, -0.25) is 9.59 Å². The van der Waals surface area contributed by atoms with Gasteiger partial charge in [-0.1, -0.05) is 32.1 Å². The van der Waals surface area contributed by atoms with E-state index in [1.165, 1.54) is 24.4 Å². The number of Topliss-reactive ketones (excluding diaryl/α,β-unsaturated/α-hetero) is 1. The third kappa shape index (κ3) is 3.18. The second kappa shape index (κ2) is 6.52. The Morgan fingerprint density at radius 3 is 2.35 bits per heavy atom. The molecule has 0 spiro atoms. The normalized spacial score (nSPS) is 12.1. The van der Waals surface area contributed by atoms with Crippen LogP contribution in [-0.4, -0.2) is 21.0 Å². The third-order valence-corrected chi connectivity index (χ3v) is 3.77. The van der Waals surface area contributed by atoms with Gasteiger partial charge in [-0.25, -0.2) is 0 Å². The van der Waals surface area contributed by atoms with Crippen LogP contribution < -0.4 is 5.56 Å². The monoisotopic (exact) mass is 313 g/mol. The zero-order chi connectivity index (χ0) is 17.1. The molecule has 0 aliphatic carbocycles. The summed E-state index contributed by atoms with van der Waals surface area (Å²) in [6, 6.07) is 6.10. The number of nitrogens with one attached hydrogen (secondary N) is 1. The van der Waals surface area contributed by atoms with Crippen LogP contribution in [-0.2, 0) is 0 Å². The number of pyridine rings is 1. The van der Waals surface area contributed by atoms with Gasteiger partial charge in [0.15, 0.2) is 5.78 Å². The molecule has 2 aromatic rings. The lowest BCUT2D eigenvalue weighted by molar-refractivity contribution is 0.0915. The van der Waals surface area contributed by atoms with Crippen LogP contribution in [0.2, 0.25) is 0 Å². The Morgan fingerprint density at radius 2 is 1.83 bits per heavy atom. The van der Waals surface area contributed by atoms with Crippen molar-refractivity contribution in [3.8, 4) is 22.6 Å². The minimum atomic E-state index is -0.637. The SMILES string of the molecule is C=CC(C(=O)c1c(O)c(-c2ccc(O)cc2)c[nH]c1=O)C(C)C. The lowest BCUT2D eigenvalue weighted by Gasteiger charge is -2.16. The van der Waals surface area contributed by atoms with Crippen LogP contribution in [0, 0.1) is 11.8 Å². The lowest BCUT2D eigenvalue weighted by Crippen LogP contribution is -2.26. The summed E-state index contributed by atoms with van der Waals surface area (Å²) in [5.74, 6) is -1.35. The number of hydrogen-bond donors (Lipinski definition) is 3. The van der Waals surface area contributed by atoms with Gasteiger partial charge in [0, 0.05) is 17.7 Å². The van der Waals surface area contributed by atoms with E-state index in [4.69, 9.17) is 0 Å². The lowest BCUT2D eigenvalue weighted by atomic mass is 9.87. The highest BCUT2D eigenvalue weighted by molar-refractivity contribution is 6.02. The Labute approximate surface area is 133 Å². The summed E-state index contributed by atoms with van der Waals surface area (Å²) in [6.07, 6.45) is 2.83. The zero-order valence-corrected chi connectivity index (χ0v) is 13.0. The molecule has 0 aliphatic heterocycles. The molecule has 1 heterocycles. The molecule has 5 heteroatoms. The molecule has 1 atom stereocenters. The molecule has 1 aromatic carbocycles. The molecule has 2 rings (SSSR count). The highest BCUT2D eigenvalue weighted by Gasteiger charge is 2.27. The van der Waals surface area contributed by atoms with Gasteiger partial charge in [0.05, 0.1) is 0 Å². The van der Waals surface area contributed by atoms with Crippen LogP contribution in [0.4, 0.5) is 0 Å². The quantitative estimate of drug-likeness (QED) is 0.584. The number of phenolic OH excluding ortho intramolecular Hbond substituents is 1. The maximum absolute atomic E-state index is 12.6. The summed E-state index contributed by atoms with van der Waals surface area (Å²) in [5.41, 5.74) is -0.0125. The molecular weight excluding hydrogens is 294 g/mol. The first-order valence-corrected chi connectivity index (χ1v) is 7.27. The Balaban J connectivity index is 2.59. The van der Waals surface area contributed by atoms with E-state index in [1.807, 2.05) is 13.8 Å². The average molecular weight is 313 g/mol. The third-order valence-electron chi connectivity index (χ3n) is 3.77. The number of ketones is 1. The van der Waals surface area contributed by atoms with Gasteiger partial charge >= 0.3 is 0 Å². The largest absolute Gasteiger partial charge is 0.508 e. The number of aromatic hydroxyl groups is 2. The molecule has 23 heavy (non-hydrogen) atoms. The smallest absolute Gasteiger partial charge is 0.262 e. The van der Waals surface area contributed by atoms with Gasteiger partial charge in [-0.15, -0.1) is 6.58 Å². The van der Waals surface area contributed by atoms with Crippen molar-refractivity contribution in [2.45, 2.75) is 13.8 Å². The van der Waals surface area contributed by atoms with Gasteiger partial charge in [0.1, 0.15) is 17.1 Å². The summed E-state index contributed by atoms with van der Waals surface area (Å²) < 4.78 is 0. The summed E-state index contributed by atoms with van der Waals surface area (Å²) >= 11 is 0. The molecule has 0 saturated carbocycles. The highest BCUT2D eigenvalue weighted by atomic mass is 16.3. The number of benzene rings is 1. The molecule has 1 aromatic heterocycles. The number of carbonyl (C=O) groups is 1. The standard InChI is InChI=1S/C18H19NO4/c1-4-13(10(2)3)16(21)15-17(22)14(9-19-18(15)23)11-5-7-12(20)8-6-11/h4-10,13,20H,1H2,2-3H3,(H2,19,22,23). The van der Waals surface area contributed by atoms with Crippen molar-refractivity contribution in [3.05, 3.63) is 59.0 Å². The molecule has 0 radical (unpaired) electrons. The van der Waals surface area contributed by atoms with Gasteiger partial charge in [0.2, 0.25) is 0 Å². The summed E-state index contributed by atoms with van der Waals surface area (Å²) in [7, 11) is 0. The molecule has 0 aliphatic rings. The van der Waals surface area contributed by atoms with E-state index in [0.717, 1.165) is 0 Å². The summed E-state index contributed by atoms with van der Waals surface area (Å²) in [5, 5.41) is 19.8. The molecule has 3 N–H and O–H groups in total. The fraction of sp³-hybridized carbons (Fsp3) is 0.222. The number of phenols is 1. The number of rotatable bonds is 5. The number of H-pyrrole nitrogens is 1. The van der Waals surface area contributed by atoms with E-state index in [1.54, 1.807) is 12.1 Å². The van der Waals surface area contributed by atoms with Crippen molar-refractivity contribution in [1.29, 1.82) is 0 Å². The second-order valence-corrected chi connectivity index (χ2v) is 5.67. The Hall–Kier alpha value is -2.82. The van der Waals surface area contributed by atoms with Gasteiger partial charge < -0.3 is 15.2 Å². The highest BCUT2D eigenvalue weighted by Crippen LogP contribution is 2.32. The molecule has 0 saturated heterocycles. The first-order chi connectivity index (χ1) is 10.9. The number of carbonyl (C=O) groups excluding carboxylic acids is 1. The molecular formula is C18H19NO4.